The molecule has 2 N–H and O–H groups in total. The summed E-state index contributed by atoms with van der Waals surface area (Å²) in [6.45, 7) is 6.66. The SMILES string of the molecule is Cc1cc(CC2(N)CCC(C)(C)C2)n(C)n1. The highest BCUT2D eigenvalue weighted by Crippen LogP contribution is 2.43. The predicted molar refractivity (Wildman–Crippen MR) is 66.2 cm³/mol. The van der Waals surface area contributed by atoms with Crippen LogP contribution in [0.2, 0.25) is 0 Å². The Bertz CT molecular complexity index is 392. The van der Waals surface area contributed by atoms with E-state index < -0.39 is 0 Å². The minimum absolute atomic E-state index is 0.0241. The maximum atomic E-state index is 6.50. The Balaban J connectivity index is 2.13. The molecule has 1 aromatic rings. The first-order valence-electron chi connectivity index (χ1n) is 6.08. The highest BCUT2D eigenvalue weighted by Gasteiger charge is 2.40. The summed E-state index contributed by atoms with van der Waals surface area (Å²) >= 11 is 0. The van der Waals surface area contributed by atoms with Gasteiger partial charge < -0.3 is 5.73 Å². The first-order valence-corrected chi connectivity index (χ1v) is 6.08. The van der Waals surface area contributed by atoms with Gasteiger partial charge in [-0.15, -0.1) is 0 Å². The predicted octanol–water partition coefficient (Wildman–Crippen LogP) is 2.18. The Labute approximate surface area is 98.0 Å². The number of rotatable bonds is 2. The van der Waals surface area contributed by atoms with E-state index in [1.54, 1.807) is 0 Å². The first kappa shape index (κ1) is 11.6. The van der Waals surface area contributed by atoms with Crippen molar-refractivity contribution >= 4 is 0 Å². The lowest BCUT2D eigenvalue weighted by atomic mass is 9.86. The molecule has 1 aliphatic rings. The van der Waals surface area contributed by atoms with Gasteiger partial charge in [-0.1, -0.05) is 13.8 Å². The van der Waals surface area contributed by atoms with E-state index in [-0.39, 0.29) is 5.54 Å². The summed E-state index contributed by atoms with van der Waals surface area (Å²) < 4.78 is 1.97. The van der Waals surface area contributed by atoms with Crippen LogP contribution < -0.4 is 5.73 Å². The normalized spacial score (nSPS) is 28.6. The van der Waals surface area contributed by atoms with Crippen LogP contribution in [0.1, 0.15) is 44.5 Å². The molecule has 3 heteroatoms. The van der Waals surface area contributed by atoms with Crippen LogP contribution in [0.4, 0.5) is 0 Å². The van der Waals surface area contributed by atoms with E-state index in [0.717, 1.165) is 25.0 Å². The average Bonchev–Trinajstić information content (AvgIpc) is 2.54. The molecule has 0 aromatic carbocycles. The zero-order valence-electron chi connectivity index (χ0n) is 10.9. The van der Waals surface area contributed by atoms with Crippen molar-refractivity contribution in [3.05, 3.63) is 17.5 Å². The Morgan fingerprint density at radius 1 is 1.44 bits per heavy atom. The Morgan fingerprint density at radius 2 is 2.12 bits per heavy atom. The molecule has 1 heterocycles. The molecule has 0 amide bonds. The first-order chi connectivity index (χ1) is 7.30. The largest absolute Gasteiger partial charge is 0.325 e. The van der Waals surface area contributed by atoms with Crippen LogP contribution in [0.3, 0.4) is 0 Å². The minimum Gasteiger partial charge on any atom is -0.325 e. The molecule has 0 spiro atoms. The number of aromatic nitrogens is 2. The van der Waals surface area contributed by atoms with Gasteiger partial charge in [0.15, 0.2) is 0 Å². The molecular formula is C13H23N3. The quantitative estimate of drug-likeness (QED) is 0.832. The molecule has 16 heavy (non-hydrogen) atoms. The van der Waals surface area contributed by atoms with Crippen molar-refractivity contribution in [3.63, 3.8) is 0 Å². The maximum Gasteiger partial charge on any atom is 0.0596 e. The van der Waals surface area contributed by atoms with E-state index in [4.69, 9.17) is 5.73 Å². The van der Waals surface area contributed by atoms with Gasteiger partial charge in [-0.3, -0.25) is 4.68 Å². The van der Waals surface area contributed by atoms with Crippen LogP contribution in [-0.2, 0) is 13.5 Å². The van der Waals surface area contributed by atoms with Gasteiger partial charge in [0, 0.05) is 24.7 Å². The lowest BCUT2D eigenvalue weighted by molar-refractivity contribution is 0.331. The molecular weight excluding hydrogens is 198 g/mol. The molecule has 90 valence electrons. The molecule has 1 saturated carbocycles. The molecule has 0 aliphatic heterocycles. The van der Waals surface area contributed by atoms with Crippen LogP contribution in [0.15, 0.2) is 6.07 Å². The molecule has 3 nitrogen and oxygen atoms in total. The summed E-state index contributed by atoms with van der Waals surface area (Å²) in [6.07, 6.45) is 4.43. The number of aryl methyl sites for hydroxylation is 2. The Hall–Kier alpha value is -0.830. The van der Waals surface area contributed by atoms with Gasteiger partial charge in [0.1, 0.15) is 0 Å². The molecule has 2 rings (SSSR count). The van der Waals surface area contributed by atoms with Gasteiger partial charge in [0.2, 0.25) is 0 Å². The topological polar surface area (TPSA) is 43.8 Å². The summed E-state index contributed by atoms with van der Waals surface area (Å²) in [6, 6.07) is 2.15. The molecule has 1 unspecified atom stereocenters. The third kappa shape index (κ3) is 2.29. The summed E-state index contributed by atoms with van der Waals surface area (Å²) in [5.74, 6) is 0. The van der Waals surface area contributed by atoms with Crippen molar-refractivity contribution in [2.24, 2.45) is 18.2 Å². The lowest BCUT2D eigenvalue weighted by Crippen LogP contribution is -2.40. The van der Waals surface area contributed by atoms with Crippen molar-refractivity contribution in [2.75, 3.05) is 0 Å². The van der Waals surface area contributed by atoms with Gasteiger partial charge in [0.25, 0.3) is 0 Å². The number of nitrogens with two attached hydrogens (primary N) is 1. The smallest absolute Gasteiger partial charge is 0.0596 e. The highest BCUT2D eigenvalue weighted by atomic mass is 15.3. The van der Waals surface area contributed by atoms with Gasteiger partial charge in [0.05, 0.1) is 5.69 Å². The van der Waals surface area contributed by atoms with E-state index in [1.165, 1.54) is 12.1 Å². The van der Waals surface area contributed by atoms with Crippen molar-refractivity contribution < 1.29 is 0 Å². The van der Waals surface area contributed by atoms with E-state index in [2.05, 4.69) is 25.0 Å². The standard InChI is InChI=1S/C13H23N3/c1-10-7-11(16(4)15-10)8-13(14)6-5-12(2,3)9-13/h7H,5-6,8-9,14H2,1-4H3. The molecule has 0 radical (unpaired) electrons. The van der Waals surface area contributed by atoms with Gasteiger partial charge in [-0.2, -0.15) is 5.10 Å². The fourth-order valence-corrected chi connectivity index (χ4v) is 3.06. The van der Waals surface area contributed by atoms with Crippen molar-refractivity contribution in [1.82, 2.24) is 9.78 Å². The Kier molecular flexibility index (Phi) is 2.61. The van der Waals surface area contributed by atoms with E-state index in [9.17, 15) is 0 Å². The second-order valence-corrected chi connectivity index (χ2v) is 6.28. The molecule has 1 aliphatic carbocycles. The molecule has 0 saturated heterocycles. The van der Waals surface area contributed by atoms with Crippen LogP contribution in [0.25, 0.3) is 0 Å². The van der Waals surface area contributed by atoms with Crippen molar-refractivity contribution in [1.29, 1.82) is 0 Å². The van der Waals surface area contributed by atoms with Crippen molar-refractivity contribution in [3.8, 4) is 0 Å². The summed E-state index contributed by atoms with van der Waals surface area (Å²) in [4.78, 5) is 0. The van der Waals surface area contributed by atoms with E-state index >= 15 is 0 Å². The highest BCUT2D eigenvalue weighted by molar-refractivity contribution is 5.14. The fourth-order valence-electron chi connectivity index (χ4n) is 3.06. The van der Waals surface area contributed by atoms with Crippen LogP contribution in [-0.4, -0.2) is 15.3 Å². The number of hydrogen-bond donors (Lipinski definition) is 1. The van der Waals surface area contributed by atoms with Crippen molar-refractivity contribution in [2.45, 2.75) is 52.0 Å². The van der Waals surface area contributed by atoms with Crippen LogP contribution in [0.5, 0.6) is 0 Å². The Morgan fingerprint density at radius 3 is 2.56 bits per heavy atom. The molecule has 1 fully saturated rings. The second kappa shape index (κ2) is 3.59. The monoisotopic (exact) mass is 221 g/mol. The molecule has 1 aromatic heterocycles. The fraction of sp³-hybridized carbons (Fsp3) is 0.769. The third-order valence-electron chi connectivity index (χ3n) is 3.76. The van der Waals surface area contributed by atoms with Gasteiger partial charge >= 0.3 is 0 Å². The van der Waals surface area contributed by atoms with Gasteiger partial charge in [-0.05, 0) is 37.7 Å². The van der Waals surface area contributed by atoms with Crippen LogP contribution >= 0.6 is 0 Å². The minimum atomic E-state index is -0.0241. The van der Waals surface area contributed by atoms with E-state index in [0.29, 0.717) is 5.41 Å². The zero-order chi connectivity index (χ0) is 12.0. The number of hydrogen-bond acceptors (Lipinski definition) is 2. The molecule has 1 atom stereocenters. The third-order valence-corrected chi connectivity index (χ3v) is 3.76. The van der Waals surface area contributed by atoms with E-state index in [1.807, 2.05) is 18.7 Å². The summed E-state index contributed by atoms with van der Waals surface area (Å²) in [5, 5.41) is 4.38. The number of nitrogens with zero attached hydrogens (tertiary/aromatic N) is 2. The maximum absolute atomic E-state index is 6.50. The summed E-state index contributed by atoms with van der Waals surface area (Å²) in [7, 11) is 2.01. The van der Waals surface area contributed by atoms with Gasteiger partial charge in [-0.25, -0.2) is 0 Å². The molecule has 0 bridgehead atoms. The average molecular weight is 221 g/mol. The lowest BCUT2D eigenvalue weighted by Gasteiger charge is -2.26. The second-order valence-electron chi connectivity index (χ2n) is 6.28. The summed E-state index contributed by atoms with van der Waals surface area (Å²) in [5.41, 5.74) is 9.23. The van der Waals surface area contributed by atoms with Crippen LogP contribution in [0, 0.1) is 12.3 Å². The zero-order valence-corrected chi connectivity index (χ0v) is 10.9.